The maximum Gasteiger partial charge on any atom is 0.137 e. The number of ketones is 1. The highest BCUT2D eigenvalue weighted by molar-refractivity contribution is 5.80. The summed E-state index contributed by atoms with van der Waals surface area (Å²) in [4.78, 5) is 11.6. The minimum atomic E-state index is -0.637. The van der Waals surface area contributed by atoms with E-state index >= 15 is 0 Å². The first-order chi connectivity index (χ1) is 7.99. The van der Waals surface area contributed by atoms with Crippen molar-refractivity contribution in [1.29, 1.82) is 0 Å². The molecule has 0 bridgehead atoms. The molecule has 0 fully saturated rings. The molecule has 0 aliphatic rings. The van der Waals surface area contributed by atoms with Gasteiger partial charge in [0.15, 0.2) is 0 Å². The first kappa shape index (κ1) is 13.8. The molecule has 0 heterocycles. The molecule has 0 aliphatic carbocycles. The summed E-state index contributed by atoms with van der Waals surface area (Å²) in [6, 6.07) is 3.33. The predicted molar refractivity (Wildman–Crippen MR) is 63.8 cm³/mol. The number of Topliss-reactive ketones (excluding diaryl/α,β-unsaturated/α-hetero) is 1. The number of halogens is 2. The lowest BCUT2D eigenvalue weighted by molar-refractivity contribution is -0.118. The summed E-state index contributed by atoms with van der Waals surface area (Å²) in [6.07, 6.45) is 2.36. The van der Waals surface area contributed by atoms with Gasteiger partial charge in [0.1, 0.15) is 17.4 Å². The van der Waals surface area contributed by atoms with E-state index in [-0.39, 0.29) is 17.8 Å². The van der Waals surface area contributed by atoms with Crippen LogP contribution in [0.2, 0.25) is 0 Å². The molecule has 17 heavy (non-hydrogen) atoms. The minimum Gasteiger partial charge on any atom is -0.299 e. The van der Waals surface area contributed by atoms with E-state index in [0.717, 1.165) is 18.9 Å². The zero-order valence-corrected chi connectivity index (χ0v) is 10.3. The Balaban J connectivity index is 2.45. The standard InChI is InChI=1S/C14H18F2O/c1-10(2)4-3-5-13(17)8-11-6-7-12(15)9-14(11)16/h6-7,9-10H,3-5,8H2,1-2H3. The lowest BCUT2D eigenvalue weighted by Crippen LogP contribution is -2.05. The van der Waals surface area contributed by atoms with Crippen LogP contribution in [0.15, 0.2) is 18.2 Å². The van der Waals surface area contributed by atoms with Gasteiger partial charge < -0.3 is 0 Å². The highest BCUT2D eigenvalue weighted by Gasteiger charge is 2.09. The molecule has 1 rings (SSSR count). The number of carbonyl (C=O) groups is 1. The zero-order chi connectivity index (χ0) is 12.8. The molecule has 3 heteroatoms. The fraction of sp³-hybridized carbons (Fsp3) is 0.500. The molecule has 0 spiro atoms. The second-order valence-electron chi connectivity index (χ2n) is 4.74. The van der Waals surface area contributed by atoms with E-state index in [4.69, 9.17) is 0 Å². The summed E-state index contributed by atoms with van der Waals surface area (Å²) in [6.45, 7) is 4.20. The third-order valence-corrected chi connectivity index (χ3v) is 2.64. The van der Waals surface area contributed by atoms with E-state index in [2.05, 4.69) is 13.8 Å². The van der Waals surface area contributed by atoms with Crippen molar-refractivity contribution in [1.82, 2.24) is 0 Å². The molecular formula is C14H18F2O. The number of carbonyl (C=O) groups excluding carboxylic acids is 1. The first-order valence-electron chi connectivity index (χ1n) is 5.94. The summed E-state index contributed by atoms with van der Waals surface area (Å²) in [5.74, 6) is -0.665. The topological polar surface area (TPSA) is 17.1 Å². The van der Waals surface area contributed by atoms with Crippen LogP contribution in [0.1, 0.15) is 38.7 Å². The Hall–Kier alpha value is -1.25. The van der Waals surface area contributed by atoms with Gasteiger partial charge in [-0.3, -0.25) is 4.79 Å². The van der Waals surface area contributed by atoms with E-state index in [1.54, 1.807) is 0 Å². The average Bonchev–Trinajstić information content (AvgIpc) is 2.21. The van der Waals surface area contributed by atoms with Crippen molar-refractivity contribution < 1.29 is 13.6 Å². The van der Waals surface area contributed by atoms with Crippen LogP contribution < -0.4 is 0 Å². The van der Waals surface area contributed by atoms with Crippen LogP contribution in [0.4, 0.5) is 8.78 Å². The fourth-order valence-electron chi connectivity index (χ4n) is 1.67. The molecule has 0 radical (unpaired) electrons. The number of hydrogen-bond acceptors (Lipinski definition) is 1. The van der Waals surface area contributed by atoms with Crippen LogP contribution in [-0.2, 0) is 11.2 Å². The van der Waals surface area contributed by atoms with E-state index in [0.29, 0.717) is 12.3 Å². The Labute approximate surface area is 101 Å². The molecule has 0 N–H and O–H groups in total. The van der Waals surface area contributed by atoms with Gasteiger partial charge >= 0.3 is 0 Å². The van der Waals surface area contributed by atoms with Crippen LogP contribution in [-0.4, -0.2) is 5.78 Å². The Morgan fingerprint density at radius 3 is 2.59 bits per heavy atom. The maximum absolute atomic E-state index is 13.3. The van der Waals surface area contributed by atoms with Gasteiger partial charge in [0, 0.05) is 18.9 Å². The first-order valence-corrected chi connectivity index (χ1v) is 5.94. The van der Waals surface area contributed by atoms with Gasteiger partial charge in [-0.05, 0) is 24.0 Å². The molecule has 0 saturated carbocycles. The van der Waals surface area contributed by atoms with Crippen molar-refractivity contribution in [2.24, 2.45) is 5.92 Å². The number of rotatable bonds is 6. The minimum absolute atomic E-state index is 0.0103. The molecular weight excluding hydrogens is 222 g/mol. The Morgan fingerprint density at radius 1 is 1.29 bits per heavy atom. The quantitative estimate of drug-likeness (QED) is 0.737. The number of benzene rings is 1. The number of hydrogen-bond donors (Lipinski definition) is 0. The molecule has 1 aromatic carbocycles. The highest BCUT2D eigenvalue weighted by atomic mass is 19.1. The van der Waals surface area contributed by atoms with E-state index in [1.807, 2.05) is 0 Å². The normalized spacial score (nSPS) is 10.9. The molecule has 0 saturated heterocycles. The van der Waals surface area contributed by atoms with Gasteiger partial charge in [0.05, 0.1) is 0 Å². The Morgan fingerprint density at radius 2 is 2.00 bits per heavy atom. The van der Waals surface area contributed by atoms with E-state index < -0.39 is 11.6 Å². The summed E-state index contributed by atoms with van der Waals surface area (Å²) >= 11 is 0. The van der Waals surface area contributed by atoms with Crippen molar-refractivity contribution in [2.75, 3.05) is 0 Å². The third kappa shape index (κ3) is 5.07. The molecule has 1 aromatic rings. The predicted octanol–water partition coefficient (Wildman–Crippen LogP) is 3.90. The maximum atomic E-state index is 13.3. The lowest BCUT2D eigenvalue weighted by atomic mass is 10.0. The zero-order valence-electron chi connectivity index (χ0n) is 10.3. The van der Waals surface area contributed by atoms with Gasteiger partial charge in [-0.2, -0.15) is 0 Å². The summed E-state index contributed by atoms with van der Waals surface area (Å²) in [5.41, 5.74) is 0.279. The molecule has 94 valence electrons. The average molecular weight is 240 g/mol. The largest absolute Gasteiger partial charge is 0.299 e. The summed E-state index contributed by atoms with van der Waals surface area (Å²) < 4.78 is 25.9. The summed E-state index contributed by atoms with van der Waals surface area (Å²) in [5, 5.41) is 0. The van der Waals surface area contributed by atoms with E-state index in [9.17, 15) is 13.6 Å². The summed E-state index contributed by atoms with van der Waals surface area (Å²) in [7, 11) is 0. The molecule has 0 amide bonds. The van der Waals surface area contributed by atoms with Gasteiger partial charge in [-0.25, -0.2) is 8.78 Å². The SMILES string of the molecule is CC(C)CCCC(=O)Cc1ccc(F)cc1F. The van der Waals surface area contributed by atoms with Crippen molar-refractivity contribution in [3.8, 4) is 0 Å². The second kappa shape index (κ2) is 6.48. The van der Waals surface area contributed by atoms with Gasteiger partial charge in [0.2, 0.25) is 0 Å². The van der Waals surface area contributed by atoms with Crippen molar-refractivity contribution in [3.63, 3.8) is 0 Å². The Kier molecular flexibility index (Phi) is 5.26. The van der Waals surface area contributed by atoms with Crippen LogP contribution in [0.25, 0.3) is 0 Å². The van der Waals surface area contributed by atoms with Gasteiger partial charge in [-0.1, -0.05) is 26.3 Å². The van der Waals surface area contributed by atoms with Gasteiger partial charge in [0.25, 0.3) is 0 Å². The van der Waals surface area contributed by atoms with Crippen LogP contribution >= 0.6 is 0 Å². The van der Waals surface area contributed by atoms with Crippen LogP contribution in [0, 0.1) is 17.6 Å². The third-order valence-electron chi connectivity index (χ3n) is 2.64. The molecule has 0 aromatic heterocycles. The molecule has 0 unspecified atom stereocenters. The van der Waals surface area contributed by atoms with Crippen LogP contribution in [0.3, 0.4) is 0 Å². The van der Waals surface area contributed by atoms with Crippen LogP contribution in [0.5, 0.6) is 0 Å². The Bertz CT molecular complexity index is 386. The van der Waals surface area contributed by atoms with E-state index in [1.165, 1.54) is 12.1 Å². The second-order valence-corrected chi connectivity index (χ2v) is 4.74. The monoisotopic (exact) mass is 240 g/mol. The van der Waals surface area contributed by atoms with Crippen molar-refractivity contribution in [2.45, 2.75) is 39.5 Å². The smallest absolute Gasteiger partial charge is 0.137 e. The molecule has 0 atom stereocenters. The fourth-order valence-corrected chi connectivity index (χ4v) is 1.67. The molecule has 0 aliphatic heterocycles. The van der Waals surface area contributed by atoms with Gasteiger partial charge in [-0.15, -0.1) is 0 Å². The highest BCUT2D eigenvalue weighted by Crippen LogP contribution is 2.13. The molecule has 1 nitrogen and oxygen atoms in total. The lowest BCUT2D eigenvalue weighted by Gasteiger charge is -2.05. The van der Waals surface area contributed by atoms with Crippen molar-refractivity contribution >= 4 is 5.78 Å². The van der Waals surface area contributed by atoms with Crippen molar-refractivity contribution in [3.05, 3.63) is 35.4 Å².